The van der Waals surface area contributed by atoms with Crippen LogP contribution in [0.3, 0.4) is 0 Å². The fourth-order valence-electron chi connectivity index (χ4n) is 2.78. The molecule has 0 aliphatic heterocycles. The minimum atomic E-state index is -0.836. The Balaban J connectivity index is 2.03. The summed E-state index contributed by atoms with van der Waals surface area (Å²) in [6.07, 6.45) is -0.0129. The highest BCUT2D eigenvalue weighted by atomic mass is 32.1. The fourth-order valence-corrected chi connectivity index (χ4v) is 3.86. The van der Waals surface area contributed by atoms with Gasteiger partial charge in [0.25, 0.3) is 0 Å². The first-order valence-corrected chi connectivity index (χ1v) is 9.45. The van der Waals surface area contributed by atoms with Gasteiger partial charge in [-0.3, -0.25) is 4.79 Å². The minimum absolute atomic E-state index is 0.0129. The largest absolute Gasteiger partial charge is 0.481 e. The van der Waals surface area contributed by atoms with Crippen LogP contribution in [0.15, 0.2) is 48.5 Å². The lowest BCUT2D eigenvalue weighted by molar-refractivity contribution is -0.136. The average Bonchev–Trinajstić information content (AvgIpc) is 2.98. The van der Waals surface area contributed by atoms with Crippen LogP contribution in [0.5, 0.6) is 0 Å². The van der Waals surface area contributed by atoms with Crippen molar-refractivity contribution in [3.63, 3.8) is 0 Å². The molecule has 26 heavy (non-hydrogen) atoms. The summed E-state index contributed by atoms with van der Waals surface area (Å²) >= 11 is 1.46. The van der Waals surface area contributed by atoms with Gasteiger partial charge in [0, 0.05) is 16.0 Å². The second-order valence-corrected chi connectivity index (χ2v) is 8.64. The SMILES string of the molecule is Cc1ccc(-c2nc(-c3ccc(C(C)(C)C)cc3)sc2CC(=O)O)cc1. The van der Waals surface area contributed by atoms with Crippen molar-refractivity contribution in [1.82, 2.24) is 4.98 Å². The Morgan fingerprint density at radius 3 is 2.12 bits per heavy atom. The fraction of sp³-hybridized carbons (Fsp3) is 0.273. The van der Waals surface area contributed by atoms with Crippen molar-refractivity contribution in [1.29, 1.82) is 0 Å². The predicted molar refractivity (Wildman–Crippen MR) is 108 cm³/mol. The van der Waals surface area contributed by atoms with E-state index in [2.05, 4.69) is 45.0 Å². The molecule has 0 amide bonds. The molecule has 0 fully saturated rings. The molecular formula is C22H23NO2S. The van der Waals surface area contributed by atoms with Gasteiger partial charge in [0.05, 0.1) is 12.1 Å². The van der Waals surface area contributed by atoms with Gasteiger partial charge in [-0.15, -0.1) is 11.3 Å². The summed E-state index contributed by atoms with van der Waals surface area (Å²) in [5, 5.41) is 10.1. The predicted octanol–water partition coefficient (Wildman–Crippen LogP) is 5.71. The monoisotopic (exact) mass is 365 g/mol. The van der Waals surface area contributed by atoms with E-state index in [0.717, 1.165) is 26.7 Å². The first-order chi connectivity index (χ1) is 12.2. The van der Waals surface area contributed by atoms with Crippen LogP contribution in [0.4, 0.5) is 0 Å². The first-order valence-electron chi connectivity index (χ1n) is 8.63. The number of thiazole rings is 1. The molecule has 1 heterocycles. The van der Waals surface area contributed by atoms with E-state index in [1.165, 1.54) is 22.5 Å². The van der Waals surface area contributed by atoms with Gasteiger partial charge in [-0.25, -0.2) is 4.98 Å². The Bertz CT molecular complexity index is 916. The summed E-state index contributed by atoms with van der Waals surface area (Å²) < 4.78 is 0. The van der Waals surface area contributed by atoms with Gasteiger partial charge in [-0.1, -0.05) is 74.9 Å². The number of aromatic nitrogens is 1. The molecule has 0 unspecified atom stereocenters. The molecule has 0 aliphatic carbocycles. The van der Waals surface area contributed by atoms with E-state index in [-0.39, 0.29) is 11.8 Å². The van der Waals surface area contributed by atoms with Crippen LogP contribution in [0, 0.1) is 6.92 Å². The van der Waals surface area contributed by atoms with Gasteiger partial charge in [-0.05, 0) is 17.9 Å². The molecular weight excluding hydrogens is 342 g/mol. The Hall–Kier alpha value is -2.46. The Morgan fingerprint density at radius 2 is 1.58 bits per heavy atom. The zero-order valence-electron chi connectivity index (χ0n) is 15.5. The Morgan fingerprint density at radius 1 is 1.00 bits per heavy atom. The summed E-state index contributed by atoms with van der Waals surface area (Å²) in [5.41, 5.74) is 5.29. The van der Waals surface area contributed by atoms with E-state index in [0.29, 0.717) is 0 Å². The van der Waals surface area contributed by atoms with E-state index in [1.54, 1.807) is 0 Å². The van der Waals surface area contributed by atoms with Crippen molar-refractivity contribution < 1.29 is 9.90 Å². The molecule has 3 nitrogen and oxygen atoms in total. The summed E-state index contributed by atoms with van der Waals surface area (Å²) in [4.78, 5) is 16.9. The van der Waals surface area contributed by atoms with Crippen LogP contribution >= 0.6 is 11.3 Å². The molecule has 3 aromatic rings. The summed E-state index contributed by atoms with van der Waals surface area (Å²) in [6, 6.07) is 16.4. The van der Waals surface area contributed by atoms with Crippen LogP contribution in [0.25, 0.3) is 21.8 Å². The lowest BCUT2D eigenvalue weighted by atomic mass is 9.87. The summed E-state index contributed by atoms with van der Waals surface area (Å²) in [6.45, 7) is 8.59. The third-order valence-electron chi connectivity index (χ3n) is 4.33. The van der Waals surface area contributed by atoms with E-state index in [1.807, 2.05) is 31.2 Å². The maximum absolute atomic E-state index is 11.3. The van der Waals surface area contributed by atoms with Gasteiger partial charge in [0.1, 0.15) is 5.01 Å². The van der Waals surface area contributed by atoms with E-state index >= 15 is 0 Å². The number of rotatable bonds is 4. The first kappa shape index (κ1) is 18.3. The quantitative estimate of drug-likeness (QED) is 0.644. The maximum atomic E-state index is 11.3. The van der Waals surface area contributed by atoms with Gasteiger partial charge in [0.2, 0.25) is 0 Å². The zero-order chi connectivity index (χ0) is 18.9. The van der Waals surface area contributed by atoms with Crippen LogP contribution in [0.1, 0.15) is 36.8 Å². The number of aliphatic carboxylic acids is 1. The molecule has 1 N–H and O–H groups in total. The lowest BCUT2D eigenvalue weighted by Gasteiger charge is -2.18. The average molecular weight is 365 g/mol. The molecule has 0 radical (unpaired) electrons. The number of benzene rings is 2. The molecule has 2 aromatic carbocycles. The zero-order valence-corrected chi connectivity index (χ0v) is 16.4. The Kier molecular flexibility index (Phi) is 4.97. The van der Waals surface area contributed by atoms with Crippen molar-refractivity contribution in [3.8, 4) is 21.8 Å². The number of carboxylic acids is 1. The third-order valence-corrected chi connectivity index (χ3v) is 5.44. The molecule has 134 valence electrons. The molecule has 0 spiro atoms. The van der Waals surface area contributed by atoms with E-state index in [9.17, 15) is 9.90 Å². The molecule has 3 rings (SSSR count). The van der Waals surface area contributed by atoms with Gasteiger partial charge < -0.3 is 5.11 Å². The number of carboxylic acid groups (broad SMARTS) is 1. The van der Waals surface area contributed by atoms with Crippen molar-refractivity contribution in [2.45, 2.75) is 39.5 Å². The smallest absolute Gasteiger partial charge is 0.308 e. The third kappa shape index (κ3) is 4.02. The molecule has 0 atom stereocenters. The molecule has 0 saturated heterocycles. The van der Waals surface area contributed by atoms with Gasteiger partial charge in [0.15, 0.2) is 0 Å². The van der Waals surface area contributed by atoms with E-state index < -0.39 is 5.97 Å². The molecule has 0 aliphatic rings. The van der Waals surface area contributed by atoms with Gasteiger partial charge in [-0.2, -0.15) is 0 Å². The summed E-state index contributed by atoms with van der Waals surface area (Å²) in [5.74, 6) is -0.836. The van der Waals surface area contributed by atoms with Crippen LogP contribution in [-0.4, -0.2) is 16.1 Å². The molecule has 0 saturated carbocycles. The topological polar surface area (TPSA) is 50.2 Å². The normalized spacial score (nSPS) is 11.5. The van der Waals surface area contributed by atoms with Crippen LogP contribution in [0.2, 0.25) is 0 Å². The molecule has 0 bridgehead atoms. The van der Waals surface area contributed by atoms with Gasteiger partial charge >= 0.3 is 5.97 Å². The van der Waals surface area contributed by atoms with Crippen LogP contribution in [-0.2, 0) is 16.6 Å². The standard InChI is InChI=1S/C22H23NO2S/c1-14-5-7-15(8-6-14)20-18(13-19(24)25)26-21(23-20)16-9-11-17(12-10-16)22(2,3)4/h5-12H,13H2,1-4H3,(H,24,25). The lowest BCUT2D eigenvalue weighted by Crippen LogP contribution is -2.10. The second kappa shape index (κ2) is 7.04. The second-order valence-electron chi connectivity index (χ2n) is 7.55. The van der Waals surface area contributed by atoms with Crippen LogP contribution < -0.4 is 0 Å². The summed E-state index contributed by atoms with van der Waals surface area (Å²) in [7, 11) is 0. The number of hydrogen-bond donors (Lipinski definition) is 1. The highest BCUT2D eigenvalue weighted by Crippen LogP contribution is 2.35. The number of aryl methyl sites for hydroxylation is 1. The van der Waals surface area contributed by atoms with Crippen molar-refractivity contribution in [2.75, 3.05) is 0 Å². The highest BCUT2D eigenvalue weighted by molar-refractivity contribution is 7.15. The minimum Gasteiger partial charge on any atom is -0.481 e. The Labute approximate surface area is 158 Å². The molecule has 1 aromatic heterocycles. The highest BCUT2D eigenvalue weighted by Gasteiger charge is 2.18. The molecule has 4 heteroatoms. The van der Waals surface area contributed by atoms with Crippen molar-refractivity contribution >= 4 is 17.3 Å². The van der Waals surface area contributed by atoms with Crippen molar-refractivity contribution in [3.05, 3.63) is 64.5 Å². The number of carbonyl (C=O) groups is 1. The van der Waals surface area contributed by atoms with E-state index in [4.69, 9.17) is 4.98 Å². The van der Waals surface area contributed by atoms with Crippen molar-refractivity contribution in [2.24, 2.45) is 0 Å². The maximum Gasteiger partial charge on any atom is 0.308 e. The number of hydrogen-bond acceptors (Lipinski definition) is 3. The number of nitrogens with zero attached hydrogens (tertiary/aromatic N) is 1.